The third-order valence-electron chi connectivity index (χ3n) is 6.17. The number of carbonyl (C=O) groups excluding carboxylic acids is 3. The third kappa shape index (κ3) is 3.38. The molecular weight excluding hydrogens is 414 g/mol. The first-order valence-corrected chi connectivity index (χ1v) is 11.3. The first-order valence-electron chi connectivity index (χ1n) is 10.4. The average Bonchev–Trinajstić information content (AvgIpc) is 3.49. The van der Waals surface area contributed by atoms with Crippen molar-refractivity contribution in [2.24, 2.45) is 0 Å². The molecule has 0 unspecified atom stereocenters. The summed E-state index contributed by atoms with van der Waals surface area (Å²) < 4.78 is 0. The fourth-order valence-corrected chi connectivity index (χ4v) is 5.36. The van der Waals surface area contributed by atoms with Gasteiger partial charge < -0.3 is 15.6 Å². The minimum Gasteiger partial charge on any atom is -0.358 e. The molecule has 0 bridgehead atoms. The Morgan fingerprint density at radius 3 is 2.84 bits per heavy atom. The maximum atomic E-state index is 12.7. The number of hydrogen-bond donors (Lipinski definition) is 3. The SMILES string of the molecule is Cc1[nH]c2ccccc2c1-c1csc(NC(=O)CCN2C(=O)NC3(CCCC3)C2=O)n1. The Bertz CT molecular complexity index is 1190. The summed E-state index contributed by atoms with van der Waals surface area (Å²) >= 11 is 1.35. The van der Waals surface area contributed by atoms with Crippen molar-refractivity contribution in [3.8, 4) is 11.3 Å². The second-order valence-electron chi connectivity index (χ2n) is 8.18. The van der Waals surface area contributed by atoms with Crippen molar-refractivity contribution < 1.29 is 14.4 Å². The Morgan fingerprint density at radius 2 is 2.03 bits per heavy atom. The molecule has 31 heavy (non-hydrogen) atoms. The Labute approximate surface area is 183 Å². The number of hydrogen-bond acceptors (Lipinski definition) is 5. The van der Waals surface area contributed by atoms with Crippen molar-refractivity contribution >= 4 is 45.2 Å². The van der Waals surface area contributed by atoms with Crippen LogP contribution in [0.25, 0.3) is 22.2 Å². The van der Waals surface area contributed by atoms with E-state index in [9.17, 15) is 14.4 Å². The Kier molecular flexibility index (Phi) is 4.77. The van der Waals surface area contributed by atoms with Crippen molar-refractivity contribution in [3.63, 3.8) is 0 Å². The smallest absolute Gasteiger partial charge is 0.325 e. The molecule has 160 valence electrons. The molecule has 9 heteroatoms. The van der Waals surface area contributed by atoms with E-state index in [0.29, 0.717) is 18.0 Å². The molecule has 1 aliphatic heterocycles. The number of aromatic nitrogens is 2. The van der Waals surface area contributed by atoms with Crippen LogP contribution in [0.3, 0.4) is 0 Å². The molecule has 3 aromatic rings. The van der Waals surface area contributed by atoms with E-state index in [-0.39, 0.29) is 24.8 Å². The van der Waals surface area contributed by atoms with Gasteiger partial charge in [-0.3, -0.25) is 14.5 Å². The molecule has 3 heterocycles. The number of aromatic amines is 1. The summed E-state index contributed by atoms with van der Waals surface area (Å²) in [5.41, 5.74) is 3.14. The average molecular weight is 438 g/mol. The van der Waals surface area contributed by atoms with Crippen LogP contribution in [0.1, 0.15) is 37.8 Å². The number of nitrogens with one attached hydrogen (secondary N) is 3. The van der Waals surface area contributed by atoms with Gasteiger partial charge in [-0.05, 0) is 25.8 Å². The summed E-state index contributed by atoms with van der Waals surface area (Å²) in [6.07, 6.45) is 3.26. The maximum Gasteiger partial charge on any atom is 0.325 e. The Balaban J connectivity index is 1.24. The number of nitrogens with zero attached hydrogens (tertiary/aromatic N) is 2. The number of benzene rings is 1. The number of H-pyrrole nitrogens is 1. The van der Waals surface area contributed by atoms with Crippen LogP contribution in [0.4, 0.5) is 9.93 Å². The van der Waals surface area contributed by atoms with E-state index in [0.717, 1.165) is 40.7 Å². The van der Waals surface area contributed by atoms with E-state index in [2.05, 4.69) is 20.6 Å². The summed E-state index contributed by atoms with van der Waals surface area (Å²) in [5, 5.41) is 9.13. The van der Waals surface area contributed by atoms with E-state index in [1.54, 1.807) is 0 Å². The summed E-state index contributed by atoms with van der Waals surface area (Å²) in [5.74, 6) is -0.473. The van der Waals surface area contributed by atoms with Gasteiger partial charge in [-0.25, -0.2) is 9.78 Å². The van der Waals surface area contributed by atoms with Gasteiger partial charge in [0.2, 0.25) is 5.91 Å². The molecule has 3 N–H and O–H groups in total. The van der Waals surface area contributed by atoms with Crippen LogP contribution in [0.5, 0.6) is 0 Å². The first-order chi connectivity index (χ1) is 15.0. The largest absolute Gasteiger partial charge is 0.358 e. The van der Waals surface area contributed by atoms with Gasteiger partial charge in [0.25, 0.3) is 5.91 Å². The van der Waals surface area contributed by atoms with Crippen molar-refractivity contribution in [2.75, 3.05) is 11.9 Å². The lowest BCUT2D eigenvalue weighted by Crippen LogP contribution is -2.44. The molecule has 2 aliphatic rings. The number of para-hydroxylation sites is 1. The predicted octanol–water partition coefficient (Wildman–Crippen LogP) is 3.79. The zero-order valence-electron chi connectivity index (χ0n) is 17.2. The number of amides is 4. The van der Waals surface area contributed by atoms with Crippen LogP contribution in [0.2, 0.25) is 0 Å². The molecular formula is C22H23N5O3S. The van der Waals surface area contributed by atoms with E-state index < -0.39 is 11.6 Å². The number of anilines is 1. The van der Waals surface area contributed by atoms with E-state index in [1.807, 2.05) is 36.6 Å². The van der Waals surface area contributed by atoms with E-state index >= 15 is 0 Å². The van der Waals surface area contributed by atoms with E-state index in [4.69, 9.17) is 0 Å². The van der Waals surface area contributed by atoms with Gasteiger partial charge in [0, 0.05) is 40.5 Å². The second-order valence-corrected chi connectivity index (χ2v) is 9.04. The first kappa shape index (κ1) is 19.7. The highest BCUT2D eigenvalue weighted by molar-refractivity contribution is 7.14. The van der Waals surface area contributed by atoms with Crippen LogP contribution in [0.15, 0.2) is 29.6 Å². The molecule has 1 aromatic carbocycles. The van der Waals surface area contributed by atoms with Gasteiger partial charge >= 0.3 is 6.03 Å². The normalized spacial score (nSPS) is 17.6. The maximum absolute atomic E-state index is 12.7. The van der Waals surface area contributed by atoms with Crippen LogP contribution in [0, 0.1) is 6.92 Å². The second kappa shape index (κ2) is 7.49. The molecule has 8 nitrogen and oxygen atoms in total. The van der Waals surface area contributed by atoms with Crippen molar-refractivity contribution in [1.82, 2.24) is 20.2 Å². The Hall–Kier alpha value is -3.20. The summed E-state index contributed by atoms with van der Waals surface area (Å²) in [6, 6.07) is 7.63. The topological polar surface area (TPSA) is 107 Å². The molecule has 1 spiro atoms. The van der Waals surface area contributed by atoms with Crippen molar-refractivity contribution in [3.05, 3.63) is 35.3 Å². The molecule has 4 amide bonds. The number of imide groups is 1. The van der Waals surface area contributed by atoms with Gasteiger partial charge in [-0.1, -0.05) is 31.0 Å². The van der Waals surface area contributed by atoms with Crippen LogP contribution >= 0.6 is 11.3 Å². The molecule has 2 aromatic heterocycles. The minimum absolute atomic E-state index is 0.0380. The van der Waals surface area contributed by atoms with Crippen molar-refractivity contribution in [2.45, 2.75) is 44.6 Å². The molecule has 0 atom stereocenters. The van der Waals surface area contributed by atoms with Crippen molar-refractivity contribution in [1.29, 1.82) is 0 Å². The lowest BCUT2D eigenvalue weighted by atomic mass is 9.98. The van der Waals surface area contributed by atoms with Gasteiger partial charge in [-0.15, -0.1) is 11.3 Å². The number of aryl methyl sites for hydroxylation is 1. The number of rotatable bonds is 5. The van der Waals surface area contributed by atoms with Gasteiger partial charge in [0.15, 0.2) is 5.13 Å². The fourth-order valence-electron chi connectivity index (χ4n) is 4.64. The third-order valence-corrected chi connectivity index (χ3v) is 6.92. The van der Waals surface area contributed by atoms with Crippen LogP contribution < -0.4 is 10.6 Å². The fraction of sp³-hybridized carbons (Fsp3) is 0.364. The Morgan fingerprint density at radius 1 is 1.26 bits per heavy atom. The summed E-state index contributed by atoms with van der Waals surface area (Å²) in [7, 11) is 0. The highest BCUT2D eigenvalue weighted by atomic mass is 32.1. The van der Waals surface area contributed by atoms with Crippen LogP contribution in [-0.2, 0) is 9.59 Å². The highest BCUT2D eigenvalue weighted by Crippen LogP contribution is 2.35. The van der Waals surface area contributed by atoms with E-state index in [1.165, 1.54) is 16.2 Å². The zero-order chi connectivity index (χ0) is 21.6. The molecule has 1 saturated heterocycles. The summed E-state index contributed by atoms with van der Waals surface area (Å²) in [6.45, 7) is 2.07. The quantitative estimate of drug-likeness (QED) is 0.528. The predicted molar refractivity (Wildman–Crippen MR) is 119 cm³/mol. The number of thiazole rings is 1. The molecule has 5 rings (SSSR count). The number of urea groups is 1. The molecule has 1 saturated carbocycles. The standard InChI is InChI=1S/C22H23N5O3S/c1-13-18(14-6-2-3-7-15(14)23-13)16-12-31-20(24-16)25-17(28)8-11-27-19(29)22(26-21(27)30)9-4-5-10-22/h2-3,6-7,12,23H,4-5,8-11H2,1H3,(H,26,30)(H,24,25,28). The minimum atomic E-state index is -0.741. The monoisotopic (exact) mass is 437 g/mol. The highest BCUT2D eigenvalue weighted by Gasteiger charge is 2.52. The summed E-state index contributed by atoms with van der Waals surface area (Å²) in [4.78, 5) is 46.5. The lowest BCUT2D eigenvalue weighted by Gasteiger charge is -2.19. The number of carbonyl (C=O) groups is 3. The number of fused-ring (bicyclic) bond motifs is 1. The van der Waals surface area contributed by atoms with Gasteiger partial charge in [-0.2, -0.15) is 0 Å². The zero-order valence-corrected chi connectivity index (χ0v) is 18.0. The van der Waals surface area contributed by atoms with Gasteiger partial charge in [0.05, 0.1) is 5.69 Å². The molecule has 0 radical (unpaired) electrons. The lowest BCUT2D eigenvalue weighted by molar-refractivity contribution is -0.131. The molecule has 1 aliphatic carbocycles. The molecule has 2 fully saturated rings. The van der Waals surface area contributed by atoms with Crippen LogP contribution in [-0.4, -0.2) is 44.8 Å². The van der Waals surface area contributed by atoms with Gasteiger partial charge in [0.1, 0.15) is 5.54 Å².